The summed E-state index contributed by atoms with van der Waals surface area (Å²) in [6.45, 7) is 4.97. The van der Waals surface area contributed by atoms with Crippen molar-refractivity contribution in [2.24, 2.45) is 0 Å². The number of halogens is 1. The number of hydrogen-bond donors (Lipinski definition) is 1. The maximum absolute atomic E-state index is 13.2. The van der Waals surface area contributed by atoms with Gasteiger partial charge in [0.1, 0.15) is 5.82 Å². The first-order chi connectivity index (χ1) is 8.66. The fourth-order valence-corrected chi connectivity index (χ4v) is 3.54. The van der Waals surface area contributed by atoms with E-state index >= 15 is 0 Å². The van der Waals surface area contributed by atoms with Crippen LogP contribution in [0.1, 0.15) is 24.5 Å². The molecule has 1 aromatic rings. The summed E-state index contributed by atoms with van der Waals surface area (Å²) in [6, 6.07) is 2.42. The summed E-state index contributed by atoms with van der Waals surface area (Å²) in [5.41, 5.74) is 0.780. The topological polar surface area (TPSA) is 57.6 Å². The van der Waals surface area contributed by atoms with Crippen molar-refractivity contribution in [2.45, 2.75) is 38.2 Å². The quantitative estimate of drug-likeness (QED) is 0.899. The third-order valence-electron chi connectivity index (χ3n) is 2.96. The molecule has 6 heteroatoms. The Kier molecular flexibility index (Phi) is 5.06. The number of benzene rings is 1. The molecule has 0 aromatic heterocycles. The Hall–Kier alpha value is -0.980. The van der Waals surface area contributed by atoms with E-state index in [1.54, 1.807) is 20.8 Å². The third-order valence-corrected chi connectivity index (χ3v) is 5.12. The summed E-state index contributed by atoms with van der Waals surface area (Å²) in [5, 5.41) is 9.21. The average molecular weight is 289 g/mol. The number of nitrogens with zero attached hydrogens (tertiary/aromatic N) is 1. The van der Waals surface area contributed by atoms with Crippen LogP contribution in [0.4, 0.5) is 4.39 Å². The van der Waals surface area contributed by atoms with Crippen molar-refractivity contribution in [2.75, 3.05) is 13.6 Å². The molecule has 1 aromatic carbocycles. The van der Waals surface area contributed by atoms with Crippen molar-refractivity contribution in [3.63, 3.8) is 0 Å². The Morgan fingerprint density at radius 1 is 1.32 bits per heavy atom. The zero-order valence-electron chi connectivity index (χ0n) is 11.6. The van der Waals surface area contributed by atoms with Gasteiger partial charge in [-0.3, -0.25) is 0 Å². The minimum atomic E-state index is -3.66. The molecule has 0 fully saturated rings. The van der Waals surface area contributed by atoms with Crippen LogP contribution in [0.25, 0.3) is 0 Å². The Labute approximate surface area is 113 Å². The van der Waals surface area contributed by atoms with Crippen LogP contribution >= 0.6 is 0 Å². The van der Waals surface area contributed by atoms with Crippen molar-refractivity contribution in [3.8, 4) is 0 Å². The van der Waals surface area contributed by atoms with Crippen molar-refractivity contribution >= 4 is 10.0 Å². The van der Waals surface area contributed by atoms with Crippen LogP contribution in [0.2, 0.25) is 0 Å². The summed E-state index contributed by atoms with van der Waals surface area (Å²) in [4.78, 5) is 0.141. The van der Waals surface area contributed by atoms with Crippen LogP contribution in [-0.4, -0.2) is 37.5 Å². The van der Waals surface area contributed by atoms with Gasteiger partial charge in [0.15, 0.2) is 0 Å². The lowest BCUT2D eigenvalue weighted by atomic mass is 10.1. The summed E-state index contributed by atoms with van der Waals surface area (Å²) in [7, 11) is -2.20. The second-order valence-corrected chi connectivity index (χ2v) is 6.81. The van der Waals surface area contributed by atoms with E-state index in [1.165, 1.54) is 23.5 Å². The molecule has 0 bridgehead atoms. The molecule has 1 N–H and O–H groups in total. The lowest BCUT2D eigenvalue weighted by molar-refractivity contribution is 0.177. The first kappa shape index (κ1) is 16.1. The van der Waals surface area contributed by atoms with Gasteiger partial charge in [-0.05, 0) is 50.5 Å². The number of sulfonamides is 1. The van der Waals surface area contributed by atoms with E-state index in [0.717, 1.165) is 0 Å². The van der Waals surface area contributed by atoms with Crippen LogP contribution in [0.3, 0.4) is 0 Å². The minimum absolute atomic E-state index is 0.141. The van der Waals surface area contributed by atoms with Gasteiger partial charge in [-0.2, -0.15) is 0 Å². The van der Waals surface area contributed by atoms with Gasteiger partial charge in [-0.25, -0.2) is 17.1 Å². The van der Waals surface area contributed by atoms with Gasteiger partial charge in [-0.15, -0.1) is 0 Å². The molecule has 0 radical (unpaired) electrons. The molecule has 0 heterocycles. The van der Waals surface area contributed by atoms with E-state index in [-0.39, 0.29) is 11.4 Å². The molecule has 19 heavy (non-hydrogen) atoms. The van der Waals surface area contributed by atoms with Crippen molar-refractivity contribution in [1.29, 1.82) is 0 Å². The molecule has 0 spiro atoms. The normalized spacial score (nSPS) is 13.8. The number of aliphatic hydroxyl groups excluding tert-OH is 1. The van der Waals surface area contributed by atoms with E-state index in [9.17, 15) is 17.9 Å². The monoisotopic (exact) mass is 289 g/mol. The molecule has 1 atom stereocenters. The molecule has 0 amide bonds. The van der Waals surface area contributed by atoms with Crippen molar-refractivity contribution in [1.82, 2.24) is 4.31 Å². The number of hydrogen-bond acceptors (Lipinski definition) is 3. The molecule has 0 aliphatic heterocycles. The number of aliphatic hydroxyl groups is 1. The predicted molar refractivity (Wildman–Crippen MR) is 72.0 cm³/mol. The Morgan fingerprint density at radius 3 is 2.21 bits per heavy atom. The molecule has 1 rings (SSSR count). The van der Waals surface area contributed by atoms with E-state index in [1.807, 2.05) is 0 Å². The van der Waals surface area contributed by atoms with Gasteiger partial charge in [0.2, 0.25) is 10.0 Å². The van der Waals surface area contributed by atoms with Gasteiger partial charge in [-0.1, -0.05) is 0 Å². The van der Waals surface area contributed by atoms with Gasteiger partial charge >= 0.3 is 0 Å². The largest absolute Gasteiger partial charge is 0.393 e. The lowest BCUT2D eigenvalue weighted by Gasteiger charge is -2.20. The summed E-state index contributed by atoms with van der Waals surface area (Å²) in [6.07, 6.45) is -0.206. The molecule has 0 saturated carbocycles. The SMILES string of the molecule is Cc1cc(F)cc(C)c1S(=O)(=O)N(C)CCC(C)O. The van der Waals surface area contributed by atoms with E-state index in [4.69, 9.17) is 0 Å². The van der Waals surface area contributed by atoms with Gasteiger partial charge in [0.25, 0.3) is 0 Å². The molecule has 0 aliphatic rings. The molecule has 0 saturated heterocycles. The van der Waals surface area contributed by atoms with Crippen molar-refractivity contribution < 1.29 is 17.9 Å². The van der Waals surface area contributed by atoms with E-state index in [0.29, 0.717) is 17.5 Å². The van der Waals surface area contributed by atoms with E-state index in [2.05, 4.69) is 0 Å². The Morgan fingerprint density at radius 2 is 1.79 bits per heavy atom. The van der Waals surface area contributed by atoms with Gasteiger partial charge in [0, 0.05) is 13.6 Å². The second-order valence-electron chi connectivity index (χ2n) is 4.83. The maximum atomic E-state index is 13.2. The highest BCUT2D eigenvalue weighted by Crippen LogP contribution is 2.24. The summed E-state index contributed by atoms with van der Waals surface area (Å²) >= 11 is 0. The van der Waals surface area contributed by atoms with Crippen molar-refractivity contribution in [3.05, 3.63) is 29.1 Å². The Balaban J connectivity index is 3.14. The minimum Gasteiger partial charge on any atom is -0.393 e. The lowest BCUT2D eigenvalue weighted by Crippen LogP contribution is -2.30. The highest BCUT2D eigenvalue weighted by Gasteiger charge is 2.25. The highest BCUT2D eigenvalue weighted by atomic mass is 32.2. The second kappa shape index (κ2) is 5.98. The van der Waals surface area contributed by atoms with Crippen LogP contribution in [0.5, 0.6) is 0 Å². The first-order valence-corrected chi connectivity index (χ1v) is 7.51. The maximum Gasteiger partial charge on any atom is 0.243 e. The third kappa shape index (κ3) is 3.75. The number of aryl methyl sites for hydroxylation is 2. The fraction of sp³-hybridized carbons (Fsp3) is 0.538. The zero-order valence-corrected chi connectivity index (χ0v) is 12.5. The first-order valence-electron chi connectivity index (χ1n) is 6.07. The van der Waals surface area contributed by atoms with Gasteiger partial charge < -0.3 is 5.11 Å². The van der Waals surface area contributed by atoms with Crippen LogP contribution < -0.4 is 0 Å². The fourth-order valence-electron chi connectivity index (χ4n) is 1.95. The predicted octanol–water partition coefficient (Wildman–Crippen LogP) is 1.83. The zero-order chi connectivity index (χ0) is 14.8. The molecule has 0 aliphatic carbocycles. The average Bonchev–Trinajstić information content (AvgIpc) is 2.23. The Bertz CT molecular complexity index is 532. The van der Waals surface area contributed by atoms with Crippen LogP contribution in [0, 0.1) is 19.7 Å². The van der Waals surface area contributed by atoms with Crippen LogP contribution in [0.15, 0.2) is 17.0 Å². The highest BCUT2D eigenvalue weighted by molar-refractivity contribution is 7.89. The summed E-state index contributed by atoms with van der Waals surface area (Å²) < 4.78 is 39.2. The molecular formula is C13H20FNO3S. The molecule has 1 unspecified atom stereocenters. The summed E-state index contributed by atoms with van der Waals surface area (Å²) in [5.74, 6) is -0.444. The number of rotatable bonds is 5. The van der Waals surface area contributed by atoms with Crippen LogP contribution in [-0.2, 0) is 10.0 Å². The standard InChI is InChI=1S/C13H20FNO3S/c1-9-7-12(14)8-10(2)13(9)19(17,18)15(4)6-5-11(3)16/h7-8,11,16H,5-6H2,1-4H3. The smallest absolute Gasteiger partial charge is 0.243 e. The van der Waals surface area contributed by atoms with E-state index < -0.39 is 21.9 Å². The molecular weight excluding hydrogens is 269 g/mol. The van der Waals surface area contributed by atoms with Gasteiger partial charge in [0.05, 0.1) is 11.0 Å². The molecule has 4 nitrogen and oxygen atoms in total. The molecule has 108 valence electrons.